The van der Waals surface area contributed by atoms with E-state index in [9.17, 15) is 14.7 Å². The molecule has 0 spiro atoms. The van der Waals surface area contributed by atoms with Crippen molar-refractivity contribution in [3.8, 4) is 0 Å². The van der Waals surface area contributed by atoms with E-state index in [0.717, 1.165) is 10.1 Å². The monoisotopic (exact) mass is 258 g/mol. The molecule has 0 saturated heterocycles. The van der Waals surface area contributed by atoms with Crippen LogP contribution in [0.25, 0.3) is 15.7 Å². The third-order valence-corrected chi connectivity index (χ3v) is 4.22. The van der Waals surface area contributed by atoms with Gasteiger partial charge in [-0.05, 0) is 13.0 Å². The summed E-state index contributed by atoms with van der Waals surface area (Å²) in [6.07, 6.45) is 0. The number of hydrogen-bond acceptors (Lipinski definition) is 4. The zero-order valence-corrected chi connectivity index (χ0v) is 10.5. The Balaban J connectivity index is 2.28. The maximum absolute atomic E-state index is 12.0. The third-order valence-electron chi connectivity index (χ3n) is 3.25. The quantitative estimate of drug-likeness (QED) is 0.800. The topological polar surface area (TPSA) is 54.4 Å². The number of fused-ring (bicyclic) bond motifs is 1. The molecule has 1 N–H and O–H groups in total. The molecule has 4 heteroatoms. The van der Waals surface area contributed by atoms with Gasteiger partial charge in [0.25, 0.3) is 0 Å². The van der Waals surface area contributed by atoms with E-state index in [4.69, 9.17) is 0 Å². The third kappa shape index (κ3) is 1.36. The van der Waals surface area contributed by atoms with Crippen LogP contribution < -0.4 is 0 Å². The summed E-state index contributed by atoms with van der Waals surface area (Å²) < 4.78 is 1.03. The van der Waals surface area contributed by atoms with Crippen LogP contribution in [0.15, 0.2) is 35.4 Å². The molecule has 1 aromatic heterocycles. The number of carbonyl (C=O) groups is 2. The molecular weight excluding hydrogens is 248 g/mol. The highest BCUT2D eigenvalue weighted by molar-refractivity contribution is 7.17. The van der Waals surface area contributed by atoms with E-state index in [1.807, 2.05) is 29.6 Å². The van der Waals surface area contributed by atoms with Gasteiger partial charge in [-0.25, -0.2) is 0 Å². The molecule has 3 nitrogen and oxygen atoms in total. The largest absolute Gasteiger partial charge is 0.504 e. The molecule has 0 amide bonds. The highest BCUT2D eigenvalue weighted by Crippen LogP contribution is 2.37. The van der Waals surface area contributed by atoms with Gasteiger partial charge in [-0.1, -0.05) is 18.2 Å². The SMILES string of the molecule is C[C@@H]1C(=O)C(O)=C(c2csc3ccccc23)C1=O. The second-order valence-electron chi connectivity index (χ2n) is 4.32. The van der Waals surface area contributed by atoms with Crippen LogP contribution in [0.3, 0.4) is 0 Å². The van der Waals surface area contributed by atoms with Crippen molar-refractivity contribution in [1.82, 2.24) is 0 Å². The molecular formula is C14H10O3S. The molecule has 0 saturated carbocycles. The van der Waals surface area contributed by atoms with Crippen molar-refractivity contribution < 1.29 is 14.7 Å². The highest BCUT2D eigenvalue weighted by atomic mass is 32.1. The zero-order chi connectivity index (χ0) is 12.9. The molecule has 18 heavy (non-hydrogen) atoms. The Bertz CT molecular complexity index is 709. The fraction of sp³-hybridized carbons (Fsp3) is 0.143. The molecule has 0 radical (unpaired) electrons. The minimum absolute atomic E-state index is 0.171. The van der Waals surface area contributed by atoms with E-state index in [1.54, 1.807) is 0 Å². The average molecular weight is 258 g/mol. The molecule has 0 aliphatic heterocycles. The van der Waals surface area contributed by atoms with Crippen molar-refractivity contribution in [1.29, 1.82) is 0 Å². The van der Waals surface area contributed by atoms with Crippen molar-refractivity contribution in [2.75, 3.05) is 0 Å². The minimum Gasteiger partial charge on any atom is -0.504 e. The van der Waals surface area contributed by atoms with Gasteiger partial charge in [-0.15, -0.1) is 11.3 Å². The van der Waals surface area contributed by atoms with Crippen LogP contribution in [-0.2, 0) is 9.59 Å². The summed E-state index contributed by atoms with van der Waals surface area (Å²) in [7, 11) is 0. The summed E-state index contributed by atoms with van der Waals surface area (Å²) >= 11 is 1.50. The molecule has 2 aromatic rings. The average Bonchev–Trinajstić information content (AvgIpc) is 2.87. The van der Waals surface area contributed by atoms with Gasteiger partial charge in [0.1, 0.15) is 0 Å². The first-order valence-electron chi connectivity index (χ1n) is 5.59. The predicted octanol–water partition coefficient (Wildman–Crippen LogP) is 2.96. The summed E-state index contributed by atoms with van der Waals surface area (Å²) in [6, 6.07) is 7.63. The number of ketones is 2. The van der Waals surface area contributed by atoms with Gasteiger partial charge in [0.05, 0.1) is 11.5 Å². The molecule has 1 aliphatic rings. The van der Waals surface area contributed by atoms with Crippen molar-refractivity contribution >= 4 is 38.6 Å². The second kappa shape index (κ2) is 3.78. The van der Waals surface area contributed by atoms with E-state index in [-0.39, 0.29) is 11.4 Å². The number of Topliss-reactive ketones (excluding diaryl/α,β-unsaturated/α-hetero) is 2. The van der Waals surface area contributed by atoms with Crippen LogP contribution in [0.4, 0.5) is 0 Å². The first-order chi connectivity index (χ1) is 8.61. The number of rotatable bonds is 1. The minimum atomic E-state index is -0.765. The fourth-order valence-corrected chi connectivity index (χ4v) is 3.16. The number of benzene rings is 1. The summed E-state index contributed by atoms with van der Waals surface area (Å²) in [5.74, 6) is -1.93. The highest BCUT2D eigenvalue weighted by Gasteiger charge is 2.39. The van der Waals surface area contributed by atoms with Crippen molar-refractivity contribution in [3.05, 3.63) is 41.0 Å². The number of allylic oxidation sites excluding steroid dienone is 2. The lowest BCUT2D eigenvalue weighted by Gasteiger charge is -2.00. The lowest BCUT2D eigenvalue weighted by Crippen LogP contribution is -2.12. The van der Waals surface area contributed by atoms with Gasteiger partial charge in [0.2, 0.25) is 5.78 Å². The smallest absolute Gasteiger partial charge is 0.208 e. The molecule has 90 valence electrons. The van der Waals surface area contributed by atoms with Gasteiger partial charge in [0.15, 0.2) is 11.5 Å². The fourth-order valence-electron chi connectivity index (χ4n) is 2.21. The zero-order valence-electron chi connectivity index (χ0n) is 9.64. The summed E-state index contributed by atoms with van der Waals surface area (Å²) in [5.41, 5.74) is 0.834. The van der Waals surface area contributed by atoms with Crippen molar-refractivity contribution in [3.63, 3.8) is 0 Å². The number of aliphatic hydroxyl groups excluding tert-OH is 1. The van der Waals surface area contributed by atoms with Crippen LogP contribution in [0.1, 0.15) is 12.5 Å². The number of hydrogen-bond donors (Lipinski definition) is 1. The standard InChI is InChI=1S/C14H10O3S/c1-7-12(15)11(14(17)13(7)16)9-6-18-10-5-3-2-4-8(9)10/h2-7,17H,1H3/t7-/m0/s1. The molecule has 1 atom stereocenters. The van der Waals surface area contributed by atoms with Crippen molar-refractivity contribution in [2.24, 2.45) is 5.92 Å². The lowest BCUT2D eigenvalue weighted by atomic mass is 10.00. The van der Waals surface area contributed by atoms with E-state index in [0.29, 0.717) is 5.56 Å². The van der Waals surface area contributed by atoms with Crippen LogP contribution in [-0.4, -0.2) is 16.7 Å². The second-order valence-corrected chi connectivity index (χ2v) is 5.23. The van der Waals surface area contributed by atoms with Crippen LogP contribution in [0, 0.1) is 5.92 Å². The summed E-state index contributed by atoms with van der Waals surface area (Å²) in [6.45, 7) is 1.53. The van der Waals surface area contributed by atoms with Crippen LogP contribution >= 0.6 is 11.3 Å². The maximum atomic E-state index is 12.0. The van der Waals surface area contributed by atoms with Gasteiger partial charge in [-0.3, -0.25) is 9.59 Å². The Labute approximate surface area is 107 Å². The van der Waals surface area contributed by atoms with Crippen LogP contribution in [0.5, 0.6) is 0 Å². The van der Waals surface area contributed by atoms with Crippen molar-refractivity contribution in [2.45, 2.75) is 6.92 Å². The molecule has 0 unspecified atom stereocenters. The molecule has 3 rings (SSSR count). The number of thiophene rings is 1. The lowest BCUT2D eigenvalue weighted by molar-refractivity contribution is -0.126. The normalized spacial score (nSPS) is 20.2. The Morgan fingerprint density at radius 1 is 1.17 bits per heavy atom. The Hall–Kier alpha value is -1.94. The molecule has 0 bridgehead atoms. The van der Waals surface area contributed by atoms with Gasteiger partial charge < -0.3 is 5.11 Å². The van der Waals surface area contributed by atoms with E-state index in [2.05, 4.69) is 0 Å². The molecule has 0 fully saturated rings. The molecule has 1 heterocycles. The summed E-state index contributed by atoms with van der Waals surface area (Å²) in [5, 5.41) is 12.6. The summed E-state index contributed by atoms with van der Waals surface area (Å²) in [4.78, 5) is 23.7. The van der Waals surface area contributed by atoms with Gasteiger partial charge in [0, 0.05) is 21.0 Å². The Morgan fingerprint density at radius 2 is 1.89 bits per heavy atom. The van der Waals surface area contributed by atoms with Crippen LogP contribution in [0.2, 0.25) is 0 Å². The number of carbonyl (C=O) groups excluding carboxylic acids is 2. The van der Waals surface area contributed by atoms with Gasteiger partial charge >= 0.3 is 0 Å². The number of aliphatic hydroxyl groups is 1. The molecule has 1 aromatic carbocycles. The first kappa shape index (κ1) is 11.2. The van der Waals surface area contributed by atoms with E-state index in [1.165, 1.54) is 18.3 Å². The Morgan fingerprint density at radius 3 is 2.56 bits per heavy atom. The first-order valence-corrected chi connectivity index (χ1v) is 6.47. The van der Waals surface area contributed by atoms with Gasteiger partial charge in [-0.2, -0.15) is 0 Å². The molecule has 1 aliphatic carbocycles. The van der Waals surface area contributed by atoms with E-state index < -0.39 is 17.5 Å². The Kier molecular flexibility index (Phi) is 2.35. The van der Waals surface area contributed by atoms with E-state index >= 15 is 0 Å². The predicted molar refractivity (Wildman–Crippen MR) is 70.6 cm³/mol. The maximum Gasteiger partial charge on any atom is 0.208 e.